The summed E-state index contributed by atoms with van der Waals surface area (Å²) < 4.78 is 9.85. The summed E-state index contributed by atoms with van der Waals surface area (Å²) in [6, 6.07) is 9.26. The Morgan fingerprint density at radius 2 is 2.05 bits per heavy atom. The molecule has 1 aromatic heterocycles. The zero-order valence-corrected chi connectivity index (χ0v) is 12.8. The number of nitrogens with zero attached hydrogens (tertiary/aromatic N) is 1. The predicted octanol–water partition coefficient (Wildman–Crippen LogP) is 3.44. The molecule has 0 bridgehead atoms. The third kappa shape index (κ3) is 2.99. The Kier molecular flexibility index (Phi) is 4.74. The molecule has 0 unspecified atom stereocenters. The number of rotatable bonds is 4. The average Bonchev–Trinajstić information content (AvgIpc) is 2.53. The first-order valence-corrected chi connectivity index (χ1v) is 7.09. The minimum atomic E-state index is -0.339. The predicted molar refractivity (Wildman–Crippen MR) is 80.2 cm³/mol. The lowest BCUT2D eigenvalue weighted by molar-refractivity contribution is 0.0600. The monoisotopic (exact) mass is 335 g/mol. The van der Waals surface area contributed by atoms with Crippen LogP contribution >= 0.6 is 15.9 Å². The fourth-order valence-corrected chi connectivity index (χ4v) is 2.31. The molecule has 2 rings (SSSR count). The van der Waals surface area contributed by atoms with Crippen LogP contribution in [0.3, 0.4) is 0 Å². The van der Waals surface area contributed by atoms with Crippen molar-refractivity contribution in [1.82, 2.24) is 4.98 Å². The summed E-state index contributed by atoms with van der Waals surface area (Å²) in [5.74, 6) is 0.370. The second-order valence-corrected chi connectivity index (χ2v) is 4.64. The zero-order chi connectivity index (χ0) is 14.5. The summed E-state index contributed by atoms with van der Waals surface area (Å²) in [7, 11) is 2.98. The van der Waals surface area contributed by atoms with Gasteiger partial charge in [0.05, 0.1) is 31.7 Å². The number of carbonyl (C=O) groups is 1. The van der Waals surface area contributed by atoms with Gasteiger partial charge >= 0.3 is 5.97 Å². The Morgan fingerprint density at radius 1 is 1.25 bits per heavy atom. The maximum Gasteiger partial charge on any atom is 0.338 e. The molecular formula is C15H14BrNO3. The number of halogens is 1. The van der Waals surface area contributed by atoms with Crippen LogP contribution in [-0.4, -0.2) is 25.2 Å². The molecule has 1 heterocycles. The molecule has 0 saturated heterocycles. The normalized spacial score (nSPS) is 10.2. The molecule has 104 valence electrons. The average molecular weight is 336 g/mol. The van der Waals surface area contributed by atoms with Crippen LogP contribution < -0.4 is 4.74 Å². The van der Waals surface area contributed by atoms with E-state index in [1.165, 1.54) is 7.11 Å². The standard InChI is InChI=1S/C15H14BrNO3/c1-19-12-4-6-14(17-9-12)10-3-5-13(15(18)20-2)11(7-10)8-16/h3-7,9H,8H2,1-2H3. The summed E-state index contributed by atoms with van der Waals surface area (Å²) in [5.41, 5.74) is 3.19. The minimum Gasteiger partial charge on any atom is -0.495 e. The van der Waals surface area contributed by atoms with Crippen LogP contribution in [0.1, 0.15) is 15.9 Å². The van der Waals surface area contributed by atoms with Gasteiger partial charge in [0.2, 0.25) is 0 Å². The van der Waals surface area contributed by atoms with Crippen molar-refractivity contribution >= 4 is 21.9 Å². The first-order chi connectivity index (χ1) is 9.69. The molecule has 5 heteroatoms. The number of pyridine rings is 1. The molecule has 0 saturated carbocycles. The van der Waals surface area contributed by atoms with Gasteiger partial charge in [0.25, 0.3) is 0 Å². The molecule has 1 aromatic carbocycles. The molecule has 0 N–H and O–H groups in total. The highest BCUT2D eigenvalue weighted by Crippen LogP contribution is 2.24. The maximum absolute atomic E-state index is 11.6. The second kappa shape index (κ2) is 6.52. The van der Waals surface area contributed by atoms with Crippen LogP contribution in [-0.2, 0) is 10.1 Å². The van der Waals surface area contributed by atoms with Crippen molar-refractivity contribution < 1.29 is 14.3 Å². The number of carbonyl (C=O) groups excluding carboxylic acids is 1. The molecule has 2 aromatic rings. The zero-order valence-electron chi connectivity index (χ0n) is 11.2. The van der Waals surface area contributed by atoms with Crippen molar-refractivity contribution in [3.8, 4) is 17.0 Å². The van der Waals surface area contributed by atoms with E-state index >= 15 is 0 Å². The van der Waals surface area contributed by atoms with E-state index in [-0.39, 0.29) is 5.97 Å². The lowest BCUT2D eigenvalue weighted by Gasteiger charge is -2.08. The maximum atomic E-state index is 11.6. The van der Waals surface area contributed by atoms with Gasteiger partial charge in [-0.1, -0.05) is 22.0 Å². The lowest BCUT2D eigenvalue weighted by atomic mass is 10.0. The van der Waals surface area contributed by atoms with E-state index in [1.807, 2.05) is 24.3 Å². The molecule has 0 amide bonds. The number of esters is 1. The highest BCUT2D eigenvalue weighted by molar-refractivity contribution is 9.08. The molecule has 0 spiro atoms. The summed E-state index contributed by atoms with van der Waals surface area (Å²) in [5, 5.41) is 0.571. The number of hydrogen-bond donors (Lipinski definition) is 0. The third-order valence-corrected chi connectivity index (χ3v) is 3.53. The van der Waals surface area contributed by atoms with Gasteiger partial charge in [0, 0.05) is 10.9 Å². The van der Waals surface area contributed by atoms with E-state index < -0.39 is 0 Å². The first kappa shape index (κ1) is 14.5. The smallest absolute Gasteiger partial charge is 0.338 e. The molecule has 4 nitrogen and oxygen atoms in total. The van der Waals surface area contributed by atoms with Crippen LogP contribution in [0.2, 0.25) is 0 Å². The third-order valence-electron chi connectivity index (χ3n) is 2.92. The van der Waals surface area contributed by atoms with E-state index in [1.54, 1.807) is 19.4 Å². The van der Waals surface area contributed by atoms with Crippen molar-refractivity contribution in [3.63, 3.8) is 0 Å². The van der Waals surface area contributed by atoms with Crippen LogP contribution in [0.15, 0.2) is 36.5 Å². The largest absolute Gasteiger partial charge is 0.495 e. The van der Waals surface area contributed by atoms with Gasteiger partial charge in [-0.2, -0.15) is 0 Å². The fourth-order valence-electron chi connectivity index (χ4n) is 1.84. The summed E-state index contributed by atoms with van der Waals surface area (Å²) in [6.07, 6.45) is 1.66. The van der Waals surface area contributed by atoms with Crippen molar-refractivity contribution in [3.05, 3.63) is 47.7 Å². The quantitative estimate of drug-likeness (QED) is 0.634. The van der Waals surface area contributed by atoms with Crippen LogP contribution in [0.4, 0.5) is 0 Å². The number of ether oxygens (including phenoxy) is 2. The van der Waals surface area contributed by atoms with Crippen molar-refractivity contribution in [1.29, 1.82) is 0 Å². The van der Waals surface area contributed by atoms with Crippen LogP contribution in [0, 0.1) is 0 Å². The molecule has 0 aliphatic rings. The first-order valence-electron chi connectivity index (χ1n) is 5.97. The van der Waals surface area contributed by atoms with E-state index in [0.29, 0.717) is 16.6 Å². The number of hydrogen-bond acceptors (Lipinski definition) is 4. The van der Waals surface area contributed by atoms with Crippen LogP contribution in [0.25, 0.3) is 11.3 Å². The summed E-state index contributed by atoms with van der Waals surface area (Å²) in [4.78, 5) is 16.0. The SMILES string of the molecule is COC(=O)c1ccc(-c2ccc(OC)cn2)cc1CBr. The fraction of sp³-hybridized carbons (Fsp3) is 0.200. The number of methoxy groups -OCH3 is 2. The van der Waals surface area contributed by atoms with Crippen molar-refractivity contribution in [2.24, 2.45) is 0 Å². The molecule has 0 aliphatic heterocycles. The molecule has 0 fully saturated rings. The van der Waals surface area contributed by atoms with E-state index in [9.17, 15) is 4.79 Å². The number of alkyl halides is 1. The number of benzene rings is 1. The van der Waals surface area contributed by atoms with Gasteiger partial charge in [-0.05, 0) is 29.8 Å². The van der Waals surface area contributed by atoms with Gasteiger partial charge in [-0.15, -0.1) is 0 Å². The Labute approximate surface area is 125 Å². The highest BCUT2D eigenvalue weighted by Gasteiger charge is 2.12. The minimum absolute atomic E-state index is 0.339. The number of aromatic nitrogens is 1. The van der Waals surface area contributed by atoms with Gasteiger partial charge in [0.15, 0.2) is 0 Å². The van der Waals surface area contributed by atoms with E-state index in [2.05, 4.69) is 20.9 Å². The summed E-state index contributed by atoms with van der Waals surface area (Å²) in [6.45, 7) is 0. The summed E-state index contributed by atoms with van der Waals surface area (Å²) >= 11 is 3.39. The molecule has 0 radical (unpaired) electrons. The lowest BCUT2D eigenvalue weighted by Crippen LogP contribution is -2.05. The Hall–Kier alpha value is -1.88. The topological polar surface area (TPSA) is 48.4 Å². The van der Waals surface area contributed by atoms with Crippen LogP contribution in [0.5, 0.6) is 5.75 Å². The van der Waals surface area contributed by atoms with Gasteiger partial charge in [-0.25, -0.2) is 4.79 Å². The van der Waals surface area contributed by atoms with Gasteiger partial charge in [-0.3, -0.25) is 4.98 Å². The molecule has 0 atom stereocenters. The van der Waals surface area contributed by atoms with Gasteiger partial charge < -0.3 is 9.47 Å². The Morgan fingerprint density at radius 3 is 2.60 bits per heavy atom. The Balaban J connectivity index is 2.40. The van der Waals surface area contributed by atoms with E-state index in [0.717, 1.165) is 16.8 Å². The molecular weight excluding hydrogens is 322 g/mol. The van der Waals surface area contributed by atoms with Crippen molar-refractivity contribution in [2.45, 2.75) is 5.33 Å². The Bertz CT molecular complexity index is 611. The molecule has 0 aliphatic carbocycles. The highest BCUT2D eigenvalue weighted by atomic mass is 79.9. The van der Waals surface area contributed by atoms with Gasteiger partial charge in [0.1, 0.15) is 5.75 Å². The second-order valence-electron chi connectivity index (χ2n) is 4.08. The molecule has 20 heavy (non-hydrogen) atoms. The van der Waals surface area contributed by atoms with E-state index in [4.69, 9.17) is 9.47 Å². The van der Waals surface area contributed by atoms with Crippen molar-refractivity contribution in [2.75, 3.05) is 14.2 Å².